The molecule has 0 radical (unpaired) electrons. The van der Waals surface area contributed by atoms with Crippen LogP contribution in [0.3, 0.4) is 0 Å². The van der Waals surface area contributed by atoms with E-state index >= 15 is 0 Å². The fourth-order valence-electron chi connectivity index (χ4n) is 3.79. The zero-order chi connectivity index (χ0) is 24.2. The summed E-state index contributed by atoms with van der Waals surface area (Å²) in [5, 5.41) is 7.85. The van der Waals surface area contributed by atoms with Crippen molar-refractivity contribution >= 4 is 43.2 Å². The van der Waals surface area contributed by atoms with Gasteiger partial charge in [0, 0.05) is 11.7 Å². The second-order valence-corrected chi connectivity index (χ2v) is 11.6. The Bertz CT molecular complexity index is 1210. The van der Waals surface area contributed by atoms with E-state index in [1.165, 1.54) is 53.9 Å². The quantitative estimate of drug-likeness (QED) is 0.554. The van der Waals surface area contributed by atoms with Crippen molar-refractivity contribution in [3.05, 3.63) is 47.5 Å². The number of carbonyl (C=O) groups is 1. The molecule has 1 saturated carbocycles. The Morgan fingerprint density at radius 1 is 1.06 bits per heavy atom. The van der Waals surface area contributed by atoms with Gasteiger partial charge in [-0.05, 0) is 55.3 Å². The highest BCUT2D eigenvalue weighted by Gasteiger charge is 2.34. The number of benzene rings is 2. The fourth-order valence-corrected chi connectivity index (χ4v) is 6.30. The third-order valence-corrected chi connectivity index (χ3v) is 8.60. The van der Waals surface area contributed by atoms with Gasteiger partial charge in [-0.3, -0.25) is 4.79 Å². The molecule has 1 amide bonds. The minimum atomic E-state index is -4.02. The van der Waals surface area contributed by atoms with Crippen LogP contribution in [0.5, 0.6) is 5.75 Å². The number of rotatable bonds is 8. The highest BCUT2D eigenvalue weighted by Crippen LogP contribution is 2.32. The van der Waals surface area contributed by atoms with E-state index in [0.29, 0.717) is 24.3 Å². The summed E-state index contributed by atoms with van der Waals surface area (Å²) in [5.41, 5.74) is 0.320. The molecule has 0 saturated heterocycles. The van der Waals surface area contributed by atoms with Gasteiger partial charge in [-0.1, -0.05) is 30.9 Å². The average Bonchev–Trinajstić information content (AvgIpc) is 2.77. The minimum absolute atomic E-state index is 0.0239. The number of anilines is 1. The Morgan fingerprint density at radius 2 is 1.67 bits per heavy atom. The number of ether oxygens (including phenoxy) is 1. The predicted octanol–water partition coefficient (Wildman–Crippen LogP) is 2.96. The third-order valence-electron chi connectivity index (χ3n) is 5.48. The molecule has 0 atom stereocenters. The van der Waals surface area contributed by atoms with Gasteiger partial charge in [0.1, 0.15) is 5.75 Å². The van der Waals surface area contributed by atoms with Gasteiger partial charge in [-0.2, -0.15) is 4.31 Å². The van der Waals surface area contributed by atoms with Crippen LogP contribution >= 0.6 is 11.6 Å². The van der Waals surface area contributed by atoms with E-state index in [2.05, 4.69) is 5.32 Å². The van der Waals surface area contributed by atoms with Crippen LogP contribution in [0.1, 0.15) is 32.1 Å². The molecule has 3 N–H and O–H groups in total. The molecule has 0 spiro atoms. The number of halogens is 1. The largest absolute Gasteiger partial charge is 0.495 e. The highest BCUT2D eigenvalue weighted by atomic mass is 35.5. The summed E-state index contributed by atoms with van der Waals surface area (Å²) in [5.74, 6) is -0.201. The standard InChI is InChI=1S/C21H26ClN3O6S2/c1-31-20-12-11-18(13-19(20)22)33(29,30)25(16-5-3-2-4-6-16)14-21(26)24-15-7-9-17(10-8-15)32(23,27)28/h7-13,16H,2-6,14H2,1H3,(H,24,26)(H2,23,27,28). The Balaban J connectivity index is 1.84. The molecule has 33 heavy (non-hydrogen) atoms. The van der Waals surface area contributed by atoms with E-state index in [9.17, 15) is 21.6 Å². The lowest BCUT2D eigenvalue weighted by Gasteiger charge is -2.33. The number of hydrogen-bond donors (Lipinski definition) is 2. The van der Waals surface area contributed by atoms with Crippen LogP contribution in [0.15, 0.2) is 52.3 Å². The van der Waals surface area contributed by atoms with Gasteiger partial charge in [0.15, 0.2) is 0 Å². The first-order chi connectivity index (χ1) is 15.5. The number of primary sulfonamides is 1. The number of nitrogens with two attached hydrogens (primary N) is 1. The summed E-state index contributed by atoms with van der Waals surface area (Å²) in [6.45, 7) is -0.395. The lowest BCUT2D eigenvalue weighted by atomic mass is 9.95. The van der Waals surface area contributed by atoms with Gasteiger partial charge < -0.3 is 10.1 Å². The molecular formula is C21H26ClN3O6S2. The van der Waals surface area contributed by atoms with Crippen molar-refractivity contribution in [3.8, 4) is 5.75 Å². The predicted molar refractivity (Wildman–Crippen MR) is 125 cm³/mol. The molecule has 0 aliphatic heterocycles. The Labute approximate surface area is 199 Å². The third kappa shape index (κ3) is 6.24. The molecule has 2 aromatic carbocycles. The number of sulfonamides is 2. The SMILES string of the molecule is COc1ccc(S(=O)(=O)N(CC(=O)Nc2ccc(S(N)(=O)=O)cc2)C2CCCCC2)cc1Cl. The fraction of sp³-hybridized carbons (Fsp3) is 0.381. The maximum atomic E-state index is 13.5. The van der Waals surface area contributed by atoms with Crippen LogP contribution < -0.4 is 15.2 Å². The van der Waals surface area contributed by atoms with Gasteiger partial charge in [0.25, 0.3) is 0 Å². The highest BCUT2D eigenvalue weighted by molar-refractivity contribution is 7.89. The molecule has 12 heteroatoms. The van der Waals surface area contributed by atoms with Crippen LogP contribution in [0.25, 0.3) is 0 Å². The Hall–Kier alpha value is -2.18. The smallest absolute Gasteiger partial charge is 0.243 e. The van der Waals surface area contributed by atoms with Crippen molar-refractivity contribution in [1.82, 2.24) is 4.31 Å². The molecule has 1 aliphatic rings. The van der Waals surface area contributed by atoms with E-state index in [-0.39, 0.29) is 20.9 Å². The van der Waals surface area contributed by atoms with E-state index in [4.69, 9.17) is 21.5 Å². The first kappa shape index (κ1) is 25.4. The number of methoxy groups -OCH3 is 1. The van der Waals surface area contributed by atoms with E-state index in [0.717, 1.165) is 19.3 Å². The van der Waals surface area contributed by atoms with Gasteiger partial charge in [0.05, 0.1) is 28.5 Å². The van der Waals surface area contributed by atoms with E-state index in [1.807, 2.05) is 0 Å². The summed E-state index contributed by atoms with van der Waals surface area (Å²) in [6, 6.07) is 9.18. The van der Waals surface area contributed by atoms with Gasteiger partial charge in [0.2, 0.25) is 26.0 Å². The molecule has 2 aromatic rings. The van der Waals surface area contributed by atoms with Crippen LogP contribution in [0.2, 0.25) is 5.02 Å². The second kappa shape index (κ2) is 10.4. The molecule has 9 nitrogen and oxygen atoms in total. The summed E-state index contributed by atoms with van der Waals surface area (Å²) in [7, 11) is -6.45. The van der Waals surface area contributed by atoms with Crippen molar-refractivity contribution in [2.45, 2.75) is 47.9 Å². The second-order valence-electron chi connectivity index (χ2n) is 7.76. The van der Waals surface area contributed by atoms with Crippen molar-refractivity contribution in [2.24, 2.45) is 5.14 Å². The Morgan fingerprint density at radius 3 is 2.21 bits per heavy atom. The zero-order valence-corrected chi connectivity index (χ0v) is 20.4. The first-order valence-corrected chi connectivity index (χ1v) is 13.7. The molecule has 0 aromatic heterocycles. The molecule has 0 bridgehead atoms. The average molecular weight is 516 g/mol. The number of amides is 1. The lowest BCUT2D eigenvalue weighted by molar-refractivity contribution is -0.116. The number of nitrogens with zero attached hydrogens (tertiary/aromatic N) is 1. The van der Waals surface area contributed by atoms with Crippen LogP contribution in [-0.4, -0.2) is 46.7 Å². The lowest BCUT2D eigenvalue weighted by Crippen LogP contribution is -2.45. The Kier molecular flexibility index (Phi) is 8.01. The summed E-state index contributed by atoms with van der Waals surface area (Å²) >= 11 is 6.14. The van der Waals surface area contributed by atoms with Crippen molar-refractivity contribution in [1.29, 1.82) is 0 Å². The molecule has 1 aliphatic carbocycles. The normalized spacial score (nSPS) is 15.4. The molecule has 0 unspecified atom stereocenters. The first-order valence-electron chi connectivity index (χ1n) is 10.3. The van der Waals surface area contributed by atoms with E-state index < -0.39 is 32.5 Å². The van der Waals surface area contributed by atoms with Crippen molar-refractivity contribution in [3.63, 3.8) is 0 Å². The molecule has 3 rings (SSSR count). The molecular weight excluding hydrogens is 490 g/mol. The maximum absolute atomic E-state index is 13.5. The van der Waals surface area contributed by atoms with Gasteiger partial charge >= 0.3 is 0 Å². The molecule has 180 valence electrons. The summed E-state index contributed by atoms with van der Waals surface area (Å²) < 4.78 is 56.1. The number of nitrogens with one attached hydrogen (secondary N) is 1. The number of hydrogen-bond acceptors (Lipinski definition) is 6. The van der Waals surface area contributed by atoms with Crippen LogP contribution in [-0.2, 0) is 24.8 Å². The van der Waals surface area contributed by atoms with Crippen molar-refractivity contribution < 1.29 is 26.4 Å². The monoisotopic (exact) mass is 515 g/mol. The van der Waals surface area contributed by atoms with Crippen LogP contribution in [0.4, 0.5) is 5.69 Å². The molecule has 1 fully saturated rings. The van der Waals surface area contributed by atoms with E-state index in [1.54, 1.807) is 0 Å². The zero-order valence-electron chi connectivity index (χ0n) is 18.0. The van der Waals surface area contributed by atoms with Gasteiger partial charge in [-0.25, -0.2) is 22.0 Å². The van der Waals surface area contributed by atoms with Crippen LogP contribution in [0, 0.1) is 0 Å². The topological polar surface area (TPSA) is 136 Å². The molecule has 0 heterocycles. The summed E-state index contributed by atoms with van der Waals surface area (Å²) in [4.78, 5) is 12.7. The minimum Gasteiger partial charge on any atom is -0.495 e. The van der Waals surface area contributed by atoms with Gasteiger partial charge in [-0.15, -0.1) is 0 Å². The summed E-state index contributed by atoms with van der Waals surface area (Å²) in [6.07, 6.45) is 4.06. The maximum Gasteiger partial charge on any atom is 0.243 e. The number of carbonyl (C=O) groups excluding carboxylic acids is 1. The van der Waals surface area contributed by atoms with Crippen molar-refractivity contribution in [2.75, 3.05) is 19.0 Å².